The number of likely N-dealkylation sites (tertiary alicyclic amines) is 1. The summed E-state index contributed by atoms with van der Waals surface area (Å²) in [6.45, 7) is 2.69. The number of hydrogen-bond acceptors (Lipinski definition) is 3. The van der Waals surface area contributed by atoms with Gasteiger partial charge in [0.2, 0.25) is 5.91 Å². The van der Waals surface area contributed by atoms with Crippen LogP contribution in [0.15, 0.2) is 0 Å². The van der Waals surface area contributed by atoms with E-state index in [2.05, 4.69) is 5.32 Å². The summed E-state index contributed by atoms with van der Waals surface area (Å²) in [5, 5.41) is 3.56. The quantitative estimate of drug-likeness (QED) is 0.796. The molecule has 1 saturated carbocycles. The maximum Gasteiger partial charge on any atom is 0.239 e. The summed E-state index contributed by atoms with van der Waals surface area (Å²) >= 11 is 0. The van der Waals surface area contributed by atoms with Crippen LogP contribution in [0.3, 0.4) is 0 Å². The molecule has 1 aliphatic carbocycles. The Balaban J connectivity index is 1.62. The predicted octanol–water partition coefficient (Wildman–Crippen LogP) is 1.64. The Bertz CT molecular complexity index is 271. The van der Waals surface area contributed by atoms with Crippen molar-refractivity contribution >= 4 is 5.91 Å². The molecule has 0 spiro atoms. The molecule has 1 aliphatic heterocycles. The molecule has 0 unspecified atom stereocenters. The van der Waals surface area contributed by atoms with Gasteiger partial charge in [0.15, 0.2) is 0 Å². The fourth-order valence-electron chi connectivity index (χ4n) is 3.22. The number of nitrogens with zero attached hydrogens (tertiary/aromatic N) is 1. The monoisotopic (exact) mass is 267 g/mol. The standard InChI is InChI=1S/C15H29N3O/c16-14(15(19)18-11-5-2-6-12-18)9-10-17-13-7-3-1-4-8-13/h13-14,17H,1-12,16H2/t14-/m0/s1. The summed E-state index contributed by atoms with van der Waals surface area (Å²) < 4.78 is 0. The van der Waals surface area contributed by atoms with Crippen molar-refractivity contribution in [2.45, 2.75) is 69.9 Å². The van der Waals surface area contributed by atoms with E-state index in [1.54, 1.807) is 0 Å². The first-order valence-electron chi connectivity index (χ1n) is 8.05. The van der Waals surface area contributed by atoms with E-state index < -0.39 is 0 Å². The minimum absolute atomic E-state index is 0.158. The second-order valence-corrected chi connectivity index (χ2v) is 6.07. The fourth-order valence-corrected chi connectivity index (χ4v) is 3.22. The first-order valence-corrected chi connectivity index (χ1v) is 8.05. The Labute approximate surface area is 117 Å². The van der Waals surface area contributed by atoms with Crippen LogP contribution >= 0.6 is 0 Å². The summed E-state index contributed by atoms with van der Waals surface area (Å²) in [6, 6.07) is 0.347. The van der Waals surface area contributed by atoms with Gasteiger partial charge in [-0.2, -0.15) is 0 Å². The zero-order valence-corrected chi connectivity index (χ0v) is 12.1. The van der Waals surface area contributed by atoms with Gasteiger partial charge in [-0.25, -0.2) is 0 Å². The van der Waals surface area contributed by atoms with Gasteiger partial charge in [0, 0.05) is 19.1 Å². The molecule has 1 amide bonds. The molecule has 2 aliphatic rings. The lowest BCUT2D eigenvalue weighted by molar-refractivity contribution is -0.133. The first kappa shape index (κ1) is 14.8. The number of piperidine rings is 1. The van der Waals surface area contributed by atoms with Gasteiger partial charge in [0.05, 0.1) is 6.04 Å². The summed E-state index contributed by atoms with van der Waals surface area (Å²) in [4.78, 5) is 14.1. The van der Waals surface area contributed by atoms with Gasteiger partial charge in [0.1, 0.15) is 0 Å². The third kappa shape index (κ3) is 4.77. The van der Waals surface area contributed by atoms with Gasteiger partial charge in [-0.1, -0.05) is 19.3 Å². The minimum atomic E-state index is -0.311. The molecule has 0 radical (unpaired) electrons. The topological polar surface area (TPSA) is 58.4 Å². The SMILES string of the molecule is N[C@@H](CCNC1CCCCC1)C(=O)N1CCCCC1. The van der Waals surface area contributed by atoms with Crippen LogP contribution in [0.1, 0.15) is 57.8 Å². The lowest BCUT2D eigenvalue weighted by Crippen LogP contribution is -2.47. The molecule has 0 aromatic heterocycles. The lowest BCUT2D eigenvalue weighted by Gasteiger charge is -2.29. The van der Waals surface area contributed by atoms with E-state index in [1.165, 1.54) is 38.5 Å². The van der Waals surface area contributed by atoms with E-state index in [0.717, 1.165) is 38.9 Å². The number of nitrogens with two attached hydrogens (primary N) is 1. The van der Waals surface area contributed by atoms with Gasteiger partial charge in [-0.05, 0) is 45.1 Å². The van der Waals surface area contributed by atoms with E-state index in [4.69, 9.17) is 5.73 Å². The van der Waals surface area contributed by atoms with Gasteiger partial charge in [0.25, 0.3) is 0 Å². The van der Waals surface area contributed by atoms with Crippen LogP contribution in [0.4, 0.5) is 0 Å². The van der Waals surface area contributed by atoms with Crippen LogP contribution < -0.4 is 11.1 Å². The van der Waals surface area contributed by atoms with Gasteiger partial charge < -0.3 is 16.0 Å². The smallest absolute Gasteiger partial charge is 0.239 e. The van der Waals surface area contributed by atoms with Crippen molar-refractivity contribution < 1.29 is 4.79 Å². The molecule has 2 rings (SSSR count). The lowest BCUT2D eigenvalue weighted by atomic mass is 9.95. The fraction of sp³-hybridized carbons (Fsp3) is 0.933. The zero-order chi connectivity index (χ0) is 13.5. The number of carbonyl (C=O) groups is 1. The van der Waals surface area contributed by atoms with Crippen LogP contribution in [0.5, 0.6) is 0 Å². The summed E-state index contributed by atoms with van der Waals surface area (Å²) in [6.07, 6.45) is 10.9. The maximum atomic E-state index is 12.2. The Morgan fingerprint density at radius 2 is 1.74 bits per heavy atom. The van der Waals surface area contributed by atoms with E-state index in [9.17, 15) is 4.79 Å². The molecule has 1 atom stereocenters. The molecule has 1 saturated heterocycles. The highest BCUT2D eigenvalue weighted by Gasteiger charge is 2.22. The Hall–Kier alpha value is -0.610. The van der Waals surface area contributed by atoms with Gasteiger partial charge in [-0.15, -0.1) is 0 Å². The highest BCUT2D eigenvalue weighted by Crippen LogP contribution is 2.17. The van der Waals surface area contributed by atoms with Crippen molar-refractivity contribution in [2.24, 2.45) is 5.73 Å². The number of nitrogens with one attached hydrogen (secondary N) is 1. The normalized spacial score (nSPS) is 23.3. The maximum absolute atomic E-state index is 12.2. The van der Waals surface area contributed by atoms with Crippen molar-refractivity contribution in [2.75, 3.05) is 19.6 Å². The van der Waals surface area contributed by atoms with Crippen LogP contribution in [-0.4, -0.2) is 42.5 Å². The Morgan fingerprint density at radius 1 is 1.11 bits per heavy atom. The third-order valence-corrected chi connectivity index (χ3v) is 4.48. The molecule has 0 aromatic rings. The third-order valence-electron chi connectivity index (χ3n) is 4.48. The average molecular weight is 267 g/mol. The largest absolute Gasteiger partial charge is 0.341 e. The van der Waals surface area contributed by atoms with E-state index in [0.29, 0.717) is 6.04 Å². The Morgan fingerprint density at radius 3 is 2.42 bits per heavy atom. The summed E-state index contributed by atoms with van der Waals surface area (Å²) in [5.41, 5.74) is 6.03. The van der Waals surface area contributed by atoms with Crippen molar-refractivity contribution in [3.63, 3.8) is 0 Å². The second kappa shape index (κ2) is 7.85. The minimum Gasteiger partial charge on any atom is -0.341 e. The molecule has 3 N–H and O–H groups in total. The number of carbonyl (C=O) groups excluding carboxylic acids is 1. The van der Waals surface area contributed by atoms with E-state index in [-0.39, 0.29) is 11.9 Å². The number of rotatable bonds is 5. The van der Waals surface area contributed by atoms with Crippen LogP contribution in [0.2, 0.25) is 0 Å². The molecule has 1 heterocycles. The molecule has 4 heteroatoms. The molecular formula is C15H29N3O. The molecule has 4 nitrogen and oxygen atoms in total. The highest BCUT2D eigenvalue weighted by molar-refractivity contribution is 5.81. The second-order valence-electron chi connectivity index (χ2n) is 6.07. The molecule has 0 aromatic carbocycles. The van der Waals surface area contributed by atoms with Crippen LogP contribution in [0.25, 0.3) is 0 Å². The molecule has 110 valence electrons. The van der Waals surface area contributed by atoms with Crippen LogP contribution in [-0.2, 0) is 4.79 Å². The molecular weight excluding hydrogens is 238 g/mol. The molecule has 2 fully saturated rings. The van der Waals surface area contributed by atoms with Crippen molar-refractivity contribution in [3.05, 3.63) is 0 Å². The number of hydrogen-bond donors (Lipinski definition) is 2. The highest BCUT2D eigenvalue weighted by atomic mass is 16.2. The van der Waals surface area contributed by atoms with Crippen molar-refractivity contribution in [1.29, 1.82) is 0 Å². The van der Waals surface area contributed by atoms with Crippen molar-refractivity contribution in [1.82, 2.24) is 10.2 Å². The zero-order valence-electron chi connectivity index (χ0n) is 12.1. The van der Waals surface area contributed by atoms with E-state index in [1.807, 2.05) is 4.90 Å². The Kier molecular flexibility index (Phi) is 6.11. The summed E-state index contributed by atoms with van der Waals surface area (Å²) in [5.74, 6) is 0.158. The molecule has 19 heavy (non-hydrogen) atoms. The predicted molar refractivity (Wildman–Crippen MR) is 77.9 cm³/mol. The summed E-state index contributed by atoms with van der Waals surface area (Å²) in [7, 11) is 0. The van der Waals surface area contributed by atoms with Crippen molar-refractivity contribution in [3.8, 4) is 0 Å². The van der Waals surface area contributed by atoms with Gasteiger partial charge in [-0.3, -0.25) is 4.79 Å². The van der Waals surface area contributed by atoms with E-state index >= 15 is 0 Å². The van der Waals surface area contributed by atoms with Gasteiger partial charge >= 0.3 is 0 Å². The molecule has 0 bridgehead atoms. The average Bonchev–Trinajstić information content (AvgIpc) is 2.48. The number of amides is 1. The van der Waals surface area contributed by atoms with Crippen LogP contribution in [0, 0.1) is 0 Å². The first-order chi connectivity index (χ1) is 9.27.